The first-order valence-electron chi connectivity index (χ1n) is 13.7. The first-order chi connectivity index (χ1) is 19.6. The van der Waals surface area contributed by atoms with E-state index in [2.05, 4.69) is 117 Å². The van der Waals surface area contributed by atoms with Crippen molar-refractivity contribution in [3.05, 3.63) is 132 Å². The van der Waals surface area contributed by atoms with Gasteiger partial charge in [-0.3, -0.25) is 0 Å². The van der Waals surface area contributed by atoms with E-state index in [4.69, 9.17) is 11.5 Å². The van der Waals surface area contributed by atoms with E-state index in [-0.39, 0.29) is 0 Å². The molecule has 196 valence electrons. The Morgan fingerprint density at radius 2 is 0.975 bits per heavy atom. The van der Waals surface area contributed by atoms with Gasteiger partial charge < -0.3 is 22.1 Å². The summed E-state index contributed by atoms with van der Waals surface area (Å²) >= 11 is 0. The summed E-state index contributed by atoms with van der Waals surface area (Å²) in [6.07, 6.45) is 4.33. The smallest absolute Gasteiger partial charge is 0.215 e. The van der Waals surface area contributed by atoms with Crippen LogP contribution in [0, 0.1) is 0 Å². The topological polar surface area (TPSA) is 83.9 Å². The number of nitrogen functional groups attached to an aromatic ring is 2. The highest BCUT2D eigenvalue weighted by atomic mass is 15.0. The van der Waals surface area contributed by atoms with Crippen molar-refractivity contribution in [2.45, 2.75) is 26.2 Å². The van der Waals surface area contributed by atoms with E-state index in [1.54, 1.807) is 0 Å². The first-order valence-corrected chi connectivity index (χ1v) is 13.7. The van der Waals surface area contributed by atoms with Crippen LogP contribution in [0.5, 0.6) is 0 Å². The van der Waals surface area contributed by atoms with Crippen molar-refractivity contribution in [2.24, 2.45) is 0 Å². The van der Waals surface area contributed by atoms with E-state index in [1.165, 1.54) is 22.3 Å². The van der Waals surface area contributed by atoms with Gasteiger partial charge in [-0.05, 0) is 41.5 Å². The molecule has 10 rings (SSSR count). The number of nitrogens with one attached hydrogen (secondary N) is 2. The molecule has 6 heteroatoms. The van der Waals surface area contributed by atoms with Crippen LogP contribution in [0.2, 0.25) is 0 Å². The van der Waals surface area contributed by atoms with Gasteiger partial charge in [0.25, 0.3) is 0 Å². The third-order valence-electron chi connectivity index (χ3n) is 7.77. The Hall–Kier alpha value is -5.10. The minimum Gasteiger partial charge on any atom is -0.399 e. The van der Waals surface area contributed by atoms with E-state index in [1.807, 2.05) is 12.1 Å². The predicted molar refractivity (Wildman–Crippen MR) is 163 cm³/mol. The van der Waals surface area contributed by atoms with Gasteiger partial charge in [0.1, 0.15) is 0 Å². The summed E-state index contributed by atoms with van der Waals surface area (Å²) < 4.78 is 4.59. The molecule has 0 radical (unpaired) electrons. The third-order valence-corrected chi connectivity index (χ3v) is 7.77. The summed E-state index contributed by atoms with van der Waals surface area (Å²) in [5.74, 6) is 0. The lowest BCUT2D eigenvalue weighted by Gasteiger charge is -2.12. The second-order valence-electron chi connectivity index (χ2n) is 10.6. The van der Waals surface area contributed by atoms with E-state index in [0.717, 1.165) is 70.7 Å². The SMILES string of the molecule is Nc1ccc2c(c1)c1cc[n+]2Cc2cccc(c2)C[n+]2ccc(c3cc(N)ccc32)NCc2ccc(cc2)CN1. The fraction of sp³-hybridized carbons (Fsp3) is 0.118. The Bertz CT molecular complexity index is 1740. The third kappa shape index (κ3) is 4.64. The van der Waals surface area contributed by atoms with Crippen LogP contribution in [0.15, 0.2) is 109 Å². The van der Waals surface area contributed by atoms with E-state index in [0.29, 0.717) is 0 Å². The maximum atomic E-state index is 6.23. The van der Waals surface area contributed by atoms with E-state index < -0.39 is 0 Å². The number of nitrogens with zero attached hydrogens (tertiary/aromatic N) is 2. The molecule has 8 bridgehead atoms. The molecule has 0 spiro atoms. The summed E-state index contributed by atoms with van der Waals surface area (Å²) in [5, 5.41) is 9.52. The Morgan fingerprint density at radius 3 is 1.45 bits per heavy atom. The molecule has 0 amide bonds. The van der Waals surface area contributed by atoms with Crippen molar-refractivity contribution in [2.75, 3.05) is 22.1 Å². The second kappa shape index (κ2) is 9.89. The summed E-state index contributed by atoms with van der Waals surface area (Å²) in [6.45, 7) is 2.99. The Kier molecular flexibility index (Phi) is 5.93. The van der Waals surface area contributed by atoms with Crippen molar-refractivity contribution in [1.82, 2.24) is 0 Å². The number of benzene rings is 4. The van der Waals surface area contributed by atoms with E-state index in [9.17, 15) is 0 Å². The van der Waals surface area contributed by atoms with Crippen molar-refractivity contribution in [3.63, 3.8) is 0 Å². The fourth-order valence-corrected chi connectivity index (χ4v) is 5.68. The molecular formula is C34H32N6+2. The normalized spacial score (nSPS) is 13.2. The van der Waals surface area contributed by atoms with Crippen LogP contribution in [-0.4, -0.2) is 0 Å². The summed E-state index contributed by atoms with van der Waals surface area (Å²) in [4.78, 5) is 0. The predicted octanol–water partition coefficient (Wildman–Crippen LogP) is 5.37. The van der Waals surface area contributed by atoms with Crippen LogP contribution in [0.4, 0.5) is 22.7 Å². The largest absolute Gasteiger partial charge is 0.399 e. The standard InChI is InChI=1S/C34H30N6/c35-27-8-10-33-29(17-27)31-12-14-39(33)21-25-2-1-3-26(16-25)22-40-15-13-32(30-18-28(36)9-11-34(30)40)38-20-24-6-4-23(5-7-24)19-37-31/h1-18H,19-22,35-36H2/p+2. The molecule has 0 saturated carbocycles. The van der Waals surface area contributed by atoms with Gasteiger partial charge in [-0.15, -0.1) is 0 Å². The second-order valence-corrected chi connectivity index (χ2v) is 10.6. The molecule has 6 heterocycles. The number of hydrogen-bond acceptors (Lipinski definition) is 4. The number of fused-ring (bicyclic) bond motifs is 1. The molecule has 0 unspecified atom stereocenters. The zero-order valence-corrected chi connectivity index (χ0v) is 22.3. The molecule has 6 N–H and O–H groups in total. The summed E-state index contributed by atoms with van der Waals surface area (Å²) in [7, 11) is 0. The Morgan fingerprint density at radius 1 is 0.500 bits per heavy atom. The quantitative estimate of drug-likeness (QED) is 0.159. The number of nitrogens with two attached hydrogens (primary N) is 2. The Balaban J connectivity index is 1.36. The molecular weight excluding hydrogens is 492 g/mol. The molecule has 6 nitrogen and oxygen atoms in total. The minimum absolute atomic E-state index is 0.728. The molecule has 4 aliphatic heterocycles. The van der Waals surface area contributed by atoms with Crippen LogP contribution in [0.1, 0.15) is 22.3 Å². The van der Waals surface area contributed by atoms with Gasteiger partial charge in [0.05, 0.1) is 22.1 Å². The lowest BCUT2D eigenvalue weighted by molar-refractivity contribution is -0.663. The molecule has 0 fully saturated rings. The van der Waals surface area contributed by atoms with Gasteiger partial charge in [0, 0.05) is 59.9 Å². The zero-order chi connectivity index (χ0) is 27.1. The molecule has 2 aromatic heterocycles. The van der Waals surface area contributed by atoms with Gasteiger partial charge in [0.2, 0.25) is 11.0 Å². The van der Waals surface area contributed by atoms with Crippen molar-refractivity contribution >= 4 is 44.6 Å². The molecule has 40 heavy (non-hydrogen) atoms. The summed E-state index contributed by atoms with van der Waals surface area (Å²) in [6, 6.07) is 34.2. The number of anilines is 4. The molecule has 6 aromatic rings. The summed E-state index contributed by atoms with van der Waals surface area (Å²) in [5.41, 5.74) is 23.4. The van der Waals surface area contributed by atoms with Crippen LogP contribution in [0.25, 0.3) is 21.8 Å². The van der Waals surface area contributed by atoms with Crippen LogP contribution >= 0.6 is 0 Å². The first kappa shape index (κ1) is 24.0. The van der Waals surface area contributed by atoms with Gasteiger partial charge in [0.15, 0.2) is 25.5 Å². The van der Waals surface area contributed by atoms with Crippen LogP contribution in [0.3, 0.4) is 0 Å². The van der Waals surface area contributed by atoms with Gasteiger partial charge in [-0.2, -0.15) is 9.13 Å². The van der Waals surface area contributed by atoms with Crippen LogP contribution in [-0.2, 0) is 26.2 Å². The lowest BCUT2D eigenvalue weighted by Crippen LogP contribution is -2.36. The monoisotopic (exact) mass is 524 g/mol. The number of rotatable bonds is 0. The molecule has 4 aliphatic rings. The lowest BCUT2D eigenvalue weighted by atomic mass is 10.1. The number of hydrogen-bond donors (Lipinski definition) is 4. The minimum atomic E-state index is 0.728. The number of aromatic nitrogens is 2. The maximum Gasteiger partial charge on any atom is 0.215 e. The van der Waals surface area contributed by atoms with Crippen molar-refractivity contribution < 1.29 is 9.13 Å². The van der Waals surface area contributed by atoms with Crippen LogP contribution < -0.4 is 31.2 Å². The van der Waals surface area contributed by atoms with Gasteiger partial charge in [-0.1, -0.05) is 42.5 Å². The fourth-order valence-electron chi connectivity index (χ4n) is 5.68. The zero-order valence-electron chi connectivity index (χ0n) is 22.3. The highest BCUT2D eigenvalue weighted by molar-refractivity contribution is 5.92. The molecule has 0 saturated heterocycles. The molecule has 4 aromatic carbocycles. The highest BCUT2D eigenvalue weighted by Gasteiger charge is 2.17. The van der Waals surface area contributed by atoms with Crippen molar-refractivity contribution in [1.29, 1.82) is 0 Å². The Labute approximate surface area is 233 Å². The number of pyridine rings is 2. The maximum absolute atomic E-state index is 6.23. The van der Waals surface area contributed by atoms with Crippen molar-refractivity contribution in [3.8, 4) is 0 Å². The van der Waals surface area contributed by atoms with Gasteiger partial charge in [-0.25, -0.2) is 0 Å². The molecule has 0 atom stereocenters. The van der Waals surface area contributed by atoms with Gasteiger partial charge >= 0.3 is 0 Å². The highest BCUT2D eigenvalue weighted by Crippen LogP contribution is 2.26. The average molecular weight is 525 g/mol. The molecule has 0 aliphatic carbocycles. The van der Waals surface area contributed by atoms with E-state index >= 15 is 0 Å². The average Bonchev–Trinajstić information content (AvgIpc) is 2.96.